The monoisotopic (exact) mass is 360 g/mol. The first-order valence-corrected chi connectivity index (χ1v) is 9.82. The number of nitrogens with zero attached hydrogens (tertiary/aromatic N) is 4. The van der Waals surface area contributed by atoms with Gasteiger partial charge in [0, 0.05) is 29.9 Å². The molecule has 5 nitrogen and oxygen atoms in total. The van der Waals surface area contributed by atoms with Crippen molar-refractivity contribution in [2.75, 3.05) is 11.6 Å². The standard InChI is InChI=1S/C18H21FN4OS/c19-25-23-9-8-14-16-15(10-20-17(14)23)18(24)22(13-6-7-13)11-21(16)12-4-2-1-3-5-12/h8-10,12-13H,1-7,11H2. The molecule has 0 saturated heterocycles. The topological polar surface area (TPSA) is 41.4 Å². The van der Waals surface area contributed by atoms with E-state index in [0.717, 1.165) is 36.8 Å². The van der Waals surface area contributed by atoms with Crippen molar-refractivity contribution in [1.82, 2.24) is 13.9 Å². The van der Waals surface area contributed by atoms with Crippen molar-refractivity contribution in [1.29, 1.82) is 0 Å². The van der Waals surface area contributed by atoms with Crippen molar-refractivity contribution >= 4 is 35.0 Å². The third kappa shape index (κ3) is 2.43. The molecule has 0 radical (unpaired) electrons. The van der Waals surface area contributed by atoms with Crippen LogP contribution in [-0.2, 0) is 0 Å². The van der Waals surface area contributed by atoms with Crippen LogP contribution in [0.25, 0.3) is 11.0 Å². The smallest absolute Gasteiger partial charge is 0.259 e. The summed E-state index contributed by atoms with van der Waals surface area (Å²) in [6.45, 7) is 0.661. The maximum absolute atomic E-state index is 13.2. The zero-order valence-electron chi connectivity index (χ0n) is 14.0. The second kappa shape index (κ2) is 5.90. The van der Waals surface area contributed by atoms with E-state index in [-0.39, 0.29) is 18.2 Å². The lowest BCUT2D eigenvalue weighted by Crippen LogP contribution is -2.52. The molecule has 7 heteroatoms. The molecule has 2 saturated carbocycles. The summed E-state index contributed by atoms with van der Waals surface area (Å²) in [5, 5.41) is 0.886. The number of rotatable bonds is 3. The Morgan fingerprint density at radius 3 is 2.56 bits per heavy atom. The molecular weight excluding hydrogens is 339 g/mol. The van der Waals surface area contributed by atoms with Crippen LogP contribution >= 0.6 is 12.3 Å². The summed E-state index contributed by atoms with van der Waals surface area (Å²) in [6, 6.07) is 2.73. The number of fused-ring (bicyclic) bond motifs is 3. The Balaban J connectivity index is 1.66. The van der Waals surface area contributed by atoms with Gasteiger partial charge in [0.25, 0.3) is 5.91 Å². The van der Waals surface area contributed by atoms with Crippen LogP contribution in [0.15, 0.2) is 18.5 Å². The van der Waals surface area contributed by atoms with Crippen molar-refractivity contribution in [3.05, 3.63) is 24.0 Å². The largest absolute Gasteiger partial charge is 0.349 e. The van der Waals surface area contributed by atoms with E-state index >= 15 is 0 Å². The lowest BCUT2D eigenvalue weighted by atomic mass is 9.92. The number of halogens is 1. The number of anilines is 1. The average Bonchev–Trinajstić information content (AvgIpc) is 3.41. The van der Waals surface area contributed by atoms with Gasteiger partial charge in [-0.2, -0.15) is 0 Å². The van der Waals surface area contributed by atoms with E-state index < -0.39 is 0 Å². The molecule has 5 rings (SSSR count). The highest BCUT2D eigenvalue weighted by atomic mass is 32.2. The molecule has 3 aliphatic rings. The molecule has 25 heavy (non-hydrogen) atoms. The van der Waals surface area contributed by atoms with Crippen LogP contribution < -0.4 is 4.90 Å². The average molecular weight is 360 g/mol. The second-order valence-electron chi connectivity index (χ2n) is 7.38. The van der Waals surface area contributed by atoms with Crippen LogP contribution in [0.3, 0.4) is 0 Å². The quantitative estimate of drug-likeness (QED) is 0.825. The van der Waals surface area contributed by atoms with Crippen LogP contribution in [0, 0.1) is 0 Å². The molecule has 2 aliphatic carbocycles. The van der Waals surface area contributed by atoms with E-state index in [2.05, 4.69) is 9.88 Å². The van der Waals surface area contributed by atoms with E-state index in [4.69, 9.17) is 0 Å². The number of hydrogen-bond acceptors (Lipinski definition) is 4. The summed E-state index contributed by atoms with van der Waals surface area (Å²) < 4.78 is 14.6. The lowest BCUT2D eigenvalue weighted by molar-refractivity contribution is 0.0720. The SMILES string of the molecule is O=C1c2cnc3c(ccn3SF)c2N(C2CCCCC2)CN1C1CC1. The van der Waals surface area contributed by atoms with Crippen molar-refractivity contribution in [2.45, 2.75) is 57.0 Å². The van der Waals surface area contributed by atoms with Gasteiger partial charge in [-0.25, -0.2) is 8.96 Å². The molecule has 132 valence electrons. The van der Waals surface area contributed by atoms with Crippen molar-refractivity contribution < 1.29 is 8.68 Å². The predicted molar refractivity (Wildman–Crippen MR) is 97.2 cm³/mol. The molecule has 0 bridgehead atoms. The Hall–Kier alpha value is -1.76. The van der Waals surface area contributed by atoms with Gasteiger partial charge < -0.3 is 9.80 Å². The molecule has 2 aromatic heterocycles. The third-order valence-corrected chi connectivity index (χ3v) is 6.26. The van der Waals surface area contributed by atoms with E-state index in [1.54, 1.807) is 12.4 Å². The van der Waals surface area contributed by atoms with E-state index in [0.29, 0.717) is 30.0 Å². The highest BCUT2D eigenvalue weighted by Crippen LogP contribution is 2.41. The molecule has 2 aromatic rings. The van der Waals surface area contributed by atoms with Crippen LogP contribution in [0.2, 0.25) is 0 Å². The molecule has 0 N–H and O–H groups in total. The second-order valence-corrected chi connectivity index (χ2v) is 7.91. The van der Waals surface area contributed by atoms with E-state index in [9.17, 15) is 8.68 Å². The van der Waals surface area contributed by atoms with E-state index in [1.165, 1.54) is 23.2 Å². The predicted octanol–water partition coefficient (Wildman–Crippen LogP) is 4.13. The van der Waals surface area contributed by atoms with Crippen molar-refractivity contribution in [3.63, 3.8) is 0 Å². The summed E-state index contributed by atoms with van der Waals surface area (Å²) >= 11 is 0.149. The molecular formula is C18H21FN4OS. The van der Waals surface area contributed by atoms with Crippen molar-refractivity contribution in [3.8, 4) is 0 Å². The summed E-state index contributed by atoms with van der Waals surface area (Å²) in [5.74, 6) is 0.0830. The minimum absolute atomic E-state index is 0.0830. The Morgan fingerprint density at radius 2 is 1.84 bits per heavy atom. The maximum Gasteiger partial charge on any atom is 0.259 e. The molecule has 0 spiro atoms. The Morgan fingerprint density at radius 1 is 1.08 bits per heavy atom. The number of carbonyl (C=O) groups is 1. The Labute approximate surface area is 150 Å². The molecule has 1 aliphatic heterocycles. The van der Waals surface area contributed by atoms with Gasteiger partial charge in [0.1, 0.15) is 0 Å². The number of aromatic nitrogens is 2. The first-order valence-electron chi connectivity index (χ1n) is 9.14. The summed E-state index contributed by atoms with van der Waals surface area (Å²) in [6.07, 6.45) is 11.6. The van der Waals surface area contributed by atoms with Gasteiger partial charge in [0.15, 0.2) is 18.0 Å². The molecule has 2 fully saturated rings. The molecule has 3 heterocycles. The summed E-state index contributed by atoms with van der Waals surface area (Å²) in [7, 11) is 0. The van der Waals surface area contributed by atoms with Gasteiger partial charge in [-0.15, -0.1) is 3.89 Å². The lowest BCUT2D eigenvalue weighted by Gasteiger charge is -2.44. The fourth-order valence-electron chi connectivity index (χ4n) is 4.38. The van der Waals surface area contributed by atoms with Gasteiger partial charge in [0.05, 0.1) is 17.9 Å². The zero-order valence-corrected chi connectivity index (χ0v) is 14.8. The fourth-order valence-corrected chi connectivity index (χ4v) is 4.70. The number of hydrogen-bond donors (Lipinski definition) is 0. The van der Waals surface area contributed by atoms with Gasteiger partial charge in [-0.05, 0) is 31.7 Å². The maximum atomic E-state index is 13.2. The highest BCUT2D eigenvalue weighted by molar-refractivity contribution is 7.92. The number of amides is 1. The molecule has 0 unspecified atom stereocenters. The first kappa shape index (κ1) is 15.5. The fraction of sp³-hybridized carbons (Fsp3) is 0.556. The van der Waals surface area contributed by atoms with Crippen LogP contribution in [-0.4, -0.2) is 38.5 Å². The highest BCUT2D eigenvalue weighted by Gasteiger charge is 2.41. The summed E-state index contributed by atoms with van der Waals surface area (Å²) in [4.78, 5) is 21.8. The van der Waals surface area contributed by atoms with Gasteiger partial charge in [-0.1, -0.05) is 19.3 Å². The van der Waals surface area contributed by atoms with E-state index in [1.807, 2.05) is 11.0 Å². The Bertz CT molecular complexity index is 828. The van der Waals surface area contributed by atoms with Crippen molar-refractivity contribution in [2.24, 2.45) is 0 Å². The normalized spacial score (nSPS) is 21.9. The first-order chi connectivity index (χ1) is 12.3. The van der Waals surface area contributed by atoms with Gasteiger partial charge in [-0.3, -0.25) is 4.79 Å². The number of carbonyl (C=O) groups excluding carboxylic acids is 1. The molecule has 1 amide bonds. The number of pyridine rings is 1. The van der Waals surface area contributed by atoms with Crippen LogP contribution in [0.5, 0.6) is 0 Å². The minimum atomic E-state index is 0.0830. The molecule has 0 atom stereocenters. The molecule has 0 aromatic carbocycles. The Kier molecular flexibility index (Phi) is 3.66. The van der Waals surface area contributed by atoms with Crippen LogP contribution in [0.1, 0.15) is 55.3 Å². The van der Waals surface area contributed by atoms with Crippen LogP contribution in [0.4, 0.5) is 9.57 Å². The minimum Gasteiger partial charge on any atom is -0.349 e. The van der Waals surface area contributed by atoms with Gasteiger partial charge in [0.2, 0.25) is 0 Å². The summed E-state index contributed by atoms with van der Waals surface area (Å²) in [5.41, 5.74) is 2.24. The van der Waals surface area contributed by atoms with Gasteiger partial charge >= 0.3 is 0 Å². The third-order valence-electron chi connectivity index (χ3n) is 5.81. The zero-order chi connectivity index (χ0) is 17.0.